The lowest BCUT2D eigenvalue weighted by Crippen LogP contribution is -2.51. The molecule has 4 rings (SSSR count). The van der Waals surface area contributed by atoms with E-state index in [1.54, 1.807) is 12.1 Å². The molecular weight excluding hydrogens is 354 g/mol. The van der Waals surface area contributed by atoms with E-state index in [1.165, 1.54) is 17.7 Å². The van der Waals surface area contributed by atoms with Crippen LogP contribution in [0.2, 0.25) is 0 Å². The molecule has 2 aliphatic heterocycles. The summed E-state index contributed by atoms with van der Waals surface area (Å²) in [5, 5.41) is 14.6. The van der Waals surface area contributed by atoms with E-state index < -0.39 is 4.92 Å². The van der Waals surface area contributed by atoms with Gasteiger partial charge >= 0.3 is 0 Å². The fourth-order valence-corrected chi connectivity index (χ4v) is 4.81. The van der Waals surface area contributed by atoms with Crippen molar-refractivity contribution in [3.63, 3.8) is 0 Å². The van der Waals surface area contributed by atoms with Gasteiger partial charge in [-0.1, -0.05) is 30.3 Å². The van der Waals surface area contributed by atoms with Gasteiger partial charge in [0.05, 0.1) is 11.0 Å². The molecule has 28 heavy (non-hydrogen) atoms. The van der Waals surface area contributed by atoms with E-state index in [1.807, 2.05) is 29.2 Å². The summed E-state index contributed by atoms with van der Waals surface area (Å²) in [4.78, 5) is 26.1. The molecule has 0 unspecified atom stereocenters. The first kappa shape index (κ1) is 18.4. The summed E-state index contributed by atoms with van der Waals surface area (Å²) in [6.45, 7) is 5.73. The van der Waals surface area contributed by atoms with Crippen molar-refractivity contribution in [3.05, 3.63) is 82.4 Å². The van der Waals surface area contributed by atoms with Gasteiger partial charge < -0.3 is 10.2 Å². The minimum absolute atomic E-state index is 0.0451. The lowest BCUT2D eigenvalue weighted by molar-refractivity contribution is -0.384. The van der Waals surface area contributed by atoms with Crippen molar-refractivity contribution in [1.29, 1.82) is 0 Å². The second kappa shape index (κ2) is 7.20. The third-order valence-corrected chi connectivity index (χ3v) is 6.06. The quantitative estimate of drug-likeness (QED) is 0.499. The smallest absolute Gasteiger partial charge is 0.270 e. The maximum atomic E-state index is 13.5. The summed E-state index contributed by atoms with van der Waals surface area (Å²) < 4.78 is 0. The first-order valence-corrected chi connectivity index (χ1v) is 9.57. The number of carbonyl (C=O) groups is 1. The molecule has 1 N–H and O–H groups in total. The Kier molecular flexibility index (Phi) is 4.73. The zero-order valence-electron chi connectivity index (χ0n) is 15.6. The molecule has 1 spiro atoms. The molecule has 0 radical (unpaired) electrons. The third kappa shape index (κ3) is 2.81. The minimum Gasteiger partial charge on any atom is -0.317 e. The number of amides is 1. The Morgan fingerprint density at radius 3 is 2.71 bits per heavy atom. The second-order valence-electron chi connectivity index (χ2n) is 7.45. The van der Waals surface area contributed by atoms with Crippen LogP contribution in [0.15, 0.2) is 61.2 Å². The van der Waals surface area contributed by atoms with Gasteiger partial charge in [-0.3, -0.25) is 14.9 Å². The highest BCUT2D eigenvalue weighted by molar-refractivity contribution is 6.08. The molecule has 2 aromatic carbocycles. The molecule has 2 aliphatic rings. The maximum Gasteiger partial charge on any atom is 0.270 e. The number of benzene rings is 2. The lowest BCUT2D eigenvalue weighted by atomic mass is 9.69. The van der Waals surface area contributed by atoms with Gasteiger partial charge in [-0.25, -0.2) is 0 Å². The lowest BCUT2D eigenvalue weighted by Gasteiger charge is -2.41. The zero-order valence-corrected chi connectivity index (χ0v) is 15.6. The molecule has 6 nitrogen and oxygen atoms in total. The number of nitrogens with zero attached hydrogens (tertiary/aromatic N) is 2. The van der Waals surface area contributed by atoms with Gasteiger partial charge in [0.25, 0.3) is 11.6 Å². The summed E-state index contributed by atoms with van der Waals surface area (Å²) in [5.41, 5.74) is 2.25. The molecule has 0 aliphatic carbocycles. The number of nitro groups is 1. The number of rotatable bonds is 4. The molecule has 1 atom stereocenters. The van der Waals surface area contributed by atoms with E-state index in [-0.39, 0.29) is 23.1 Å². The number of piperidine rings is 1. The average molecular weight is 377 g/mol. The van der Waals surface area contributed by atoms with Gasteiger partial charge in [0.15, 0.2) is 0 Å². The van der Waals surface area contributed by atoms with Crippen molar-refractivity contribution in [3.8, 4) is 0 Å². The Labute approximate surface area is 164 Å². The largest absolute Gasteiger partial charge is 0.317 e. The predicted octanol–water partition coefficient (Wildman–Crippen LogP) is 3.82. The van der Waals surface area contributed by atoms with Crippen molar-refractivity contribution >= 4 is 17.3 Å². The summed E-state index contributed by atoms with van der Waals surface area (Å²) >= 11 is 0. The molecule has 6 heteroatoms. The number of non-ortho nitro benzene ring substituents is 1. The normalized spacial score (nSPS) is 20.0. The van der Waals surface area contributed by atoms with E-state index in [4.69, 9.17) is 0 Å². The molecule has 1 saturated heterocycles. The van der Waals surface area contributed by atoms with Crippen LogP contribution in [0.4, 0.5) is 11.4 Å². The molecule has 1 fully saturated rings. The maximum absolute atomic E-state index is 13.5. The number of carbonyl (C=O) groups excluding carboxylic acids is 1. The van der Waals surface area contributed by atoms with Crippen molar-refractivity contribution in [1.82, 2.24) is 5.32 Å². The van der Waals surface area contributed by atoms with Crippen LogP contribution >= 0.6 is 0 Å². The highest BCUT2D eigenvalue weighted by Gasteiger charge is 2.52. The number of hydrogen-bond donors (Lipinski definition) is 1. The highest BCUT2D eigenvalue weighted by Crippen LogP contribution is 2.51. The van der Waals surface area contributed by atoms with Crippen molar-refractivity contribution in [2.75, 3.05) is 18.0 Å². The number of nitrogens with one attached hydrogen (secondary N) is 1. The van der Waals surface area contributed by atoms with Crippen molar-refractivity contribution in [2.45, 2.75) is 30.7 Å². The molecule has 2 aromatic rings. The van der Waals surface area contributed by atoms with Crippen LogP contribution in [0.25, 0.3) is 0 Å². The van der Waals surface area contributed by atoms with E-state index in [0.717, 1.165) is 31.6 Å². The van der Waals surface area contributed by atoms with E-state index in [2.05, 4.69) is 18.0 Å². The molecular formula is C22H23N3O3. The van der Waals surface area contributed by atoms with Crippen molar-refractivity contribution < 1.29 is 9.72 Å². The first-order valence-electron chi connectivity index (χ1n) is 9.57. The first-order chi connectivity index (χ1) is 13.6. The van der Waals surface area contributed by atoms with Crippen LogP contribution < -0.4 is 10.2 Å². The van der Waals surface area contributed by atoms with Crippen LogP contribution in [-0.4, -0.2) is 30.0 Å². The standard InChI is InChI=1S/C22H23N3O3/c1-2-6-20-22(11-13-23-14-12-22)18-9-3-4-10-19(18)24(20)21(26)16-7-5-8-17(15-16)25(27)28/h2-5,7-10,15,20,23H,1,6,11-14H2/t20-/m1/s1. The van der Waals surface area contributed by atoms with Crippen molar-refractivity contribution in [2.24, 2.45) is 0 Å². The predicted molar refractivity (Wildman–Crippen MR) is 109 cm³/mol. The Morgan fingerprint density at radius 2 is 2.00 bits per heavy atom. The van der Waals surface area contributed by atoms with Crippen LogP contribution in [0.5, 0.6) is 0 Å². The molecule has 0 saturated carbocycles. The van der Waals surface area contributed by atoms with Crippen LogP contribution in [0, 0.1) is 10.1 Å². The van der Waals surface area contributed by atoms with E-state index >= 15 is 0 Å². The summed E-state index contributed by atoms with van der Waals surface area (Å²) in [6, 6.07) is 14.0. The SMILES string of the molecule is C=CC[C@H]1N(C(=O)c2cccc([N+](=O)[O-])c2)c2ccccc2C12CCNCC2. The molecule has 1 amide bonds. The van der Waals surface area contributed by atoms with E-state index in [9.17, 15) is 14.9 Å². The van der Waals surface area contributed by atoms with Gasteiger partial charge in [-0.05, 0) is 50.0 Å². The van der Waals surface area contributed by atoms with Gasteiger partial charge in [0, 0.05) is 28.8 Å². The van der Waals surface area contributed by atoms with Crippen LogP contribution in [-0.2, 0) is 5.41 Å². The van der Waals surface area contributed by atoms with Gasteiger partial charge in [0.2, 0.25) is 0 Å². The van der Waals surface area contributed by atoms with Gasteiger partial charge in [0.1, 0.15) is 0 Å². The Bertz CT molecular complexity index is 934. The Morgan fingerprint density at radius 1 is 1.25 bits per heavy atom. The Balaban J connectivity index is 1.83. The minimum atomic E-state index is -0.468. The number of fused-ring (bicyclic) bond motifs is 2. The fraction of sp³-hybridized carbons (Fsp3) is 0.318. The summed E-state index contributed by atoms with van der Waals surface area (Å²) in [6.07, 6.45) is 4.44. The summed E-state index contributed by atoms with van der Waals surface area (Å²) in [5.74, 6) is -0.196. The molecule has 144 valence electrons. The fourth-order valence-electron chi connectivity index (χ4n) is 4.81. The molecule has 0 aromatic heterocycles. The topological polar surface area (TPSA) is 75.5 Å². The third-order valence-electron chi connectivity index (χ3n) is 6.06. The zero-order chi connectivity index (χ0) is 19.7. The van der Waals surface area contributed by atoms with E-state index in [0.29, 0.717) is 12.0 Å². The number of nitro benzene ring substituents is 1. The number of hydrogen-bond acceptors (Lipinski definition) is 4. The molecule has 2 heterocycles. The van der Waals surface area contributed by atoms with Gasteiger partial charge in [-0.2, -0.15) is 0 Å². The average Bonchev–Trinajstić information content (AvgIpc) is 2.98. The van der Waals surface area contributed by atoms with Crippen LogP contribution in [0.1, 0.15) is 35.2 Å². The summed E-state index contributed by atoms with van der Waals surface area (Å²) in [7, 11) is 0. The number of anilines is 1. The van der Waals surface area contributed by atoms with Gasteiger partial charge in [-0.15, -0.1) is 6.58 Å². The highest BCUT2D eigenvalue weighted by atomic mass is 16.6. The number of para-hydroxylation sites is 1. The second-order valence-corrected chi connectivity index (χ2v) is 7.45. The molecule has 0 bridgehead atoms. The Hall–Kier alpha value is -2.99. The van der Waals surface area contributed by atoms with Crippen LogP contribution in [0.3, 0.4) is 0 Å². The monoisotopic (exact) mass is 377 g/mol.